The van der Waals surface area contributed by atoms with Gasteiger partial charge in [0.15, 0.2) is 0 Å². The molecule has 192 valence electrons. The molecule has 3 aromatic carbocycles. The van der Waals surface area contributed by atoms with Crippen molar-refractivity contribution in [3.05, 3.63) is 89.0 Å². The molecule has 0 aromatic heterocycles. The summed E-state index contributed by atoms with van der Waals surface area (Å²) in [6, 6.07) is 22.9. The number of benzene rings is 3. The van der Waals surface area contributed by atoms with Crippen molar-refractivity contribution in [1.29, 1.82) is 0 Å². The summed E-state index contributed by atoms with van der Waals surface area (Å²) in [6.45, 7) is 4.54. The lowest BCUT2D eigenvalue weighted by atomic mass is 10.00. The van der Waals surface area contributed by atoms with E-state index in [1.807, 2.05) is 24.3 Å². The Morgan fingerprint density at radius 2 is 1.62 bits per heavy atom. The number of rotatable bonds is 7. The van der Waals surface area contributed by atoms with E-state index < -0.39 is 0 Å². The first kappa shape index (κ1) is 25.3. The fourth-order valence-electron chi connectivity index (χ4n) is 5.33. The van der Waals surface area contributed by atoms with E-state index in [1.165, 1.54) is 49.7 Å². The van der Waals surface area contributed by atoms with Gasteiger partial charge in [-0.3, -0.25) is 4.79 Å². The molecule has 3 aromatic rings. The fraction of sp³-hybridized carbons (Fsp3) is 0.364. The van der Waals surface area contributed by atoms with E-state index in [0.29, 0.717) is 13.0 Å². The summed E-state index contributed by atoms with van der Waals surface area (Å²) in [6.07, 6.45) is 10.8. The highest BCUT2D eigenvalue weighted by molar-refractivity contribution is 6.07. The number of aryl methyl sites for hydroxylation is 1. The van der Waals surface area contributed by atoms with Crippen LogP contribution in [0.15, 0.2) is 72.3 Å². The number of amides is 1. The van der Waals surface area contributed by atoms with Crippen molar-refractivity contribution in [2.24, 2.45) is 5.92 Å². The van der Waals surface area contributed by atoms with Crippen LogP contribution in [0.4, 0.5) is 5.69 Å². The second-order valence-corrected chi connectivity index (χ2v) is 10.5. The molecule has 1 saturated carbocycles. The van der Waals surface area contributed by atoms with Crippen molar-refractivity contribution in [3.63, 3.8) is 0 Å². The van der Waals surface area contributed by atoms with Gasteiger partial charge in [-0.15, -0.1) is 0 Å². The zero-order valence-corrected chi connectivity index (χ0v) is 21.9. The van der Waals surface area contributed by atoms with Crippen LogP contribution in [0.5, 0.6) is 5.75 Å². The summed E-state index contributed by atoms with van der Waals surface area (Å²) in [5, 5.41) is 6.72. The Hall–Kier alpha value is -3.37. The lowest BCUT2D eigenvalue weighted by Gasteiger charge is -2.15. The lowest BCUT2D eigenvalue weighted by Crippen LogP contribution is -2.22. The van der Waals surface area contributed by atoms with Crippen molar-refractivity contribution < 1.29 is 9.53 Å². The molecule has 1 amide bonds. The number of fused-ring (bicyclic) bond motifs is 1. The highest BCUT2D eigenvalue weighted by Crippen LogP contribution is 2.31. The molecule has 2 N–H and O–H groups in total. The molecule has 1 fully saturated rings. The van der Waals surface area contributed by atoms with Crippen molar-refractivity contribution >= 4 is 17.7 Å². The third-order valence-electron chi connectivity index (χ3n) is 7.59. The van der Waals surface area contributed by atoms with Gasteiger partial charge in [0.25, 0.3) is 5.91 Å². The molecule has 4 heteroatoms. The van der Waals surface area contributed by atoms with Gasteiger partial charge in [-0.05, 0) is 79.3 Å². The number of hydrogen-bond acceptors (Lipinski definition) is 3. The average molecular weight is 495 g/mol. The van der Waals surface area contributed by atoms with Gasteiger partial charge in [-0.1, -0.05) is 73.7 Å². The van der Waals surface area contributed by atoms with Gasteiger partial charge < -0.3 is 15.4 Å². The van der Waals surface area contributed by atoms with E-state index in [2.05, 4.69) is 66.1 Å². The monoisotopic (exact) mass is 494 g/mol. The minimum absolute atomic E-state index is 0.0728. The third kappa shape index (κ3) is 6.90. The Morgan fingerprint density at radius 3 is 2.38 bits per heavy atom. The van der Waals surface area contributed by atoms with Gasteiger partial charge in [0.1, 0.15) is 5.75 Å². The highest BCUT2D eigenvalue weighted by atomic mass is 16.5. The summed E-state index contributed by atoms with van der Waals surface area (Å²) in [5.74, 6) is 1.56. The van der Waals surface area contributed by atoms with Gasteiger partial charge in [0, 0.05) is 29.8 Å². The summed E-state index contributed by atoms with van der Waals surface area (Å²) in [5.41, 5.74) is 7.23. The van der Waals surface area contributed by atoms with E-state index in [1.54, 1.807) is 0 Å². The molecule has 4 nitrogen and oxygen atoms in total. The van der Waals surface area contributed by atoms with Crippen molar-refractivity contribution in [3.8, 4) is 16.9 Å². The van der Waals surface area contributed by atoms with Crippen LogP contribution in [0, 0.1) is 12.8 Å². The largest absolute Gasteiger partial charge is 0.493 e. The Bertz CT molecular complexity index is 1220. The summed E-state index contributed by atoms with van der Waals surface area (Å²) in [4.78, 5) is 13.1. The van der Waals surface area contributed by atoms with Crippen LogP contribution < -0.4 is 15.4 Å². The molecule has 5 rings (SSSR count). The average Bonchev–Trinajstić information content (AvgIpc) is 3.31. The molecule has 37 heavy (non-hydrogen) atoms. The zero-order valence-electron chi connectivity index (χ0n) is 21.9. The zero-order chi connectivity index (χ0) is 25.5. The van der Waals surface area contributed by atoms with Gasteiger partial charge in [0.05, 0.1) is 6.61 Å². The van der Waals surface area contributed by atoms with Crippen LogP contribution >= 0.6 is 0 Å². The molecule has 0 radical (unpaired) electrons. The van der Waals surface area contributed by atoms with E-state index in [4.69, 9.17) is 4.74 Å². The maximum Gasteiger partial charge on any atom is 0.251 e. The predicted octanol–water partition coefficient (Wildman–Crippen LogP) is 7.53. The topological polar surface area (TPSA) is 50.4 Å². The van der Waals surface area contributed by atoms with Gasteiger partial charge in [-0.25, -0.2) is 0 Å². The van der Waals surface area contributed by atoms with Crippen molar-refractivity contribution in [2.75, 3.05) is 18.5 Å². The number of carbonyl (C=O) groups is 1. The SMILES string of the molecule is Cc1ccc(-c2ccc3c(c2)C=C(C(=O)Nc2ccc(CNCC4CCCCCC4)cc2)CCO3)cc1. The molecular formula is C33H38N2O2. The second kappa shape index (κ2) is 12.2. The van der Waals surface area contributed by atoms with E-state index in [0.717, 1.165) is 52.7 Å². The number of hydrogen-bond donors (Lipinski definition) is 2. The van der Waals surface area contributed by atoms with Gasteiger partial charge >= 0.3 is 0 Å². The third-order valence-corrected chi connectivity index (χ3v) is 7.59. The van der Waals surface area contributed by atoms with Crippen molar-refractivity contribution in [1.82, 2.24) is 5.32 Å². The molecular weight excluding hydrogens is 456 g/mol. The quantitative estimate of drug-likeness (QED) is 0.334. The first-order valence-corrected chi connectivity index (χ1v) is 13.8. The standard InChI is InChI=1S/C33H38N2O2/c1-24-8-12-27(13-9-24)28-14-17-32-30(20-28)21-29(18-19-37-32)33(36)35-31-15-10-26(11-16-31)23-34-22-25-6-4-2-3-5-7-25/h8-17,20-21,25,34H,2-7,18-19,22-23H2,1H3,(H,35,36). The summed E-state index contributed by atoms with van der Waals surface area (Å²) >= 11 is 0. The van der Waals surface area contributed by atoms with Gasteiger partial charge in [0.2, 0.25) is 0 Å². The summed E-state index contributed by atoms with van der Waals surface area (Å²) < 4.78 is 5.95. The molecule has 0 saturated heterocycles. The Kier molecular flexibility index (Phi) is 8.37. The first-order chi connectivity index (χ1) is 18.1. The molecule has 1 aliphatic heterocycles. The Morgan fingerprint density at radius 1 is 0.892 bits per heavy atom. The fourth-order valence-corrected chi connectivity index (χ4v) is 5.33. The molecule has 0 spiro atoms. The van der Waals surface area contributed by atoms with Crippen LogP contribution in [0.25, 0.3) is 17.2 Å². The van der Waals surface area contributed by atoms with E-state index in [9.17, 15) is 4.79 Å². The van der Waals surface area contributed by atoms with Crippen LogP contribution in [0.3, 0.4) is 0 Å². The number of nitrogens with one attached hydrogen (secondary N) is 2. The summed E-state index contributed by atoms with van der Waals surface area (Å²) in [7, 11) is 0. The Labute approximate surface area is 221 Å². The number of carbonyl (C=O) groups excluding carboxylic acids is 1. The maximum atomic E-state index is 13.1. The van der Waals surface area contributed by atoms with Gasteiger partial charge in [-0.2, -0.15) is 0 Å². The van der Waals surface area contributed by atoms with Crippen LogP contribution in [-0.2, 0) is 11.3 Å². The van der Waals surface area contributed by atoms with E-state index >= 15 is 0 Å². The van der Waals surface area contributed by atoms with Crippen LogP contribution in [0.1, 0.15) is 61.6 Å². The van der Waals surface area contributed by atoms with Crippen LogP contribution in [0.2, 0.25) is 0 Å². The molecule has 2 aliphatic rings. The molecule has 0 atom stereocenters. The number of anilines is 1. The second-order valence-electron chi connectivity index (χ2n) is 10.5. The predicted molar refractivity (Wildman–Crippen MR) is 153 cm³/mol. The minimum atomic E-state index is -0.0728. The Balaban J connectivity index is 1.20. The lowest BCUT2D eigenvalue weighted by molar-refractivity contribution is -0.113. The van der Waals surface area contributed by atoms with Crippen molar-refractivity contribution in [2.45, 2.75) is 58.4 Å². The minimum Gasteiger partial charge on any atom is -0.493 e. The normalized spacial score (nSPS) is 16.1. The maximum absolute atomic E-state index is 13.1. The van der Waals surface area contributed by atoms with Crippen LogP contribution in [-0.4, -0.2) is 19.1 Å². The first-order valence-electron chi connectivity index (χ1n) is 13.8. The molecule has 0 bridgehead atoms. The smallest absolute Gasteiger partial charge is 0.251 e. The molecule has 1 aliphatic carbocycles. The molecule has 0 unspecified atom stereocenters. The number of ether oxygens (including phenoxy) is 1. The van der Waals surface area contributed by atoms with E-state index in [-0.39, 0.29) is 5.91 Å². The molecule has 1 heterocycles. The highest BCUT2D eigenvalue weighted by Gasteiger charge is 2.17.